The van der Waals surface area contributed by atoms with Crippen LogP contribution in [0, 0.1) is 11.3 Å². The van der Waals surface area contributed by atoms with Crippen molar-refractivity contribution in [1.82, 2.24) is 0 Å². The molecule has 0 aliphatic heterocycles. The fourth-order valence-corrected chi connectivity index (χ4v) is 2.00. The van der Waals surface area contributed by atoms with E-state index in [0.717, 1.165) is 5.56 Å². The van der Waals surface area contributed by atoms with Crippen LogP contribution in [0.25, 0.3) is 0 Å². The average molecular weight is 310 g/mol. The molecular formula is C18H18N2O3. The fourth-order valence-electron chi connectivity index (χ4n) is 2.00. The third kappa shape index (κ3) is 4.48. The van der Waals surface area contributed by atoms with Crippen molar-refractivity contribution in [2.45, 2.75) is 19.4 Å². The molecule has 5 heteroatoms. The van der Waals surface area contributed by atoms with E-state index in [4.69, 9.17) is 14.7 Å². The van der Waals surface area contributed by atoms with Crippen LogP contribution in [-0.4, -0.2) is 19.1 Å². The molecule has 0 spiro atoms. The Balaban J connectivity index is 1.98. The van der Waals surface area contributed by atoms with Gasteiger partial charge >= 0.3 is 0 Å². The highest BCUT2D eigenvalue weighted by Gasteiger charge is 2.16. The number of anilines is 1. The van der Waals surface area contributed by atoms with Gasteiger partial charge in [0.2, 0.25) is 0 Å². The van der Waals surface area contributed by atoms with Gasteiger partial charge < -0.3 is 14.8 Å². The molecule has 5 nitrogen and oxygen atoms in total. The van der Waals surface area contributed by atoms with Crippen molar-refractivity contribution in [1.29, 1.82) is 5.26 Å². The van der Waals surface area contributed by atoms with Gasteiger partial charge in [-0.2, -0.15) is 5.26 Å². The van der Waals surface area contributed by atoms with E-state index >= 15 is 0 Å². The Morgan fingerprint density at radius 1 is 1.17 bits per heavy atom. The summed E-state index contributed by atoms with van der Waals surface area (Å²) in [6.07, 6.45) is -0.327. The highest BCUT2D eigenvalue weighted by molar-refractivity contribution is 5.94. The molecular weight excluding hydrogens is 292 g/mol. The van der Waals surface area contributed by atoms with Gasteiger partial charge in [0.25, 0.3) is 5.91 Å². The van der Waals surface area contributed by atoms with Crippen LogP contribution >= 0.6 is 0 Å². The van der Waals surface area contributed by atoms with Gasteiger partial charge in [0.05, 0.1) is 19.6 Å². The summed E-state index contributed by atoms with van der Waals surface area (Å²) in [7, 11) is 1.55. The van der Waals surface area contributed by atoms with Crippen molar-refractivity contribution in [3.8, 4) is 17.6 Å². The second-order valence-corrected chi connectivity index (χ2v) is 4.93. The zero-order valence-corrected chi connectivity index (χ0v) is 13.1. The molecule has 2 aromatic rings. The van der Waals surface area contributed by atoms with Crippen LogP contribution in [0.15, 0.2) is 48.5 Å². The molecule has 1 atom stereocenters. The molecule has 0 heterocycles. The Morgan fingerprint density at radius 2 is 1.83 bits per heavy atom. The second-order valence-electron chi connectivity index (χ2n) is 4.93. The lowest BCUT2D eigenvalue weighted by Crippen LogP contribution is -2.30. The number of carbonyl (C=O) groups is 1. The molecule has 0 saturated carbocycles. The molecule has 0 bridgehead atoms. The van der Waals surface area contributed by atoms with E-state index in [2.05, 4.69) is 11.4 Å². The Hall–Kier alpha value is -3.00. The summed E-state index contributed by atoms with van der Waals surface area (Å²) in [4.78, 5) is 12.2. The minimum Gasteiger partial charge on any atom is -0.493 e. The number of nitrogens with zero attached hydrogens (tertiary/aromatic N) is 1. The minimum absolute atomic E-state index is 0.260. The van der Waals surface area contributed by atoms with Crippen molar-refractivity contribution in [3.05, 3.63) is 54.1 Å². The summed E-state index contributed by atoms with van der Waals surface area (Å²) in [6.45, 7) is 1.67. The van der Waals surface area contributed by atoms with Crippen molar-refractivity contribution in [2.24, 2.45) is 0 Å². The third-order valence-corrected chi connectivity index (χ3v) is 3.25. The third-order valence-electron chi connectivity index (χ3n) is 3.25. The molecule has 0 saturated heterocycles. The van der Waals surface area contributed by atoms with Crippen molar-refractivity contribution < 1.29 is 14.3 Å². The summed E-state index contributed by atoms with van der Waals surface area (Å²) in [5.74, 6) is 0.832. The van der Waals surface area contributed by atoms with Crippen LogP contribution in [0.4, 0.5) is 5.69 Å². The van der Waals surface area contributed by atoms with Crippen LogP contribution in [0.3, 0.4) is 0 Å². The first-order chi connectivity index (χ1) is 11.1. The predicted octanol–water partition coefficient (Wildman–Crippen LogP) is 3.17. The summed E-state index contributed by atoms with van der Waals surface area (Å²) in [5.41, 5.74) is 1.57. The lowest BCUT2D eigenvalue weighted by Gasteiger charge is -2.16. The normalized spacial score (nSPS) is 11.2. The minimum atomic E-state index is -0.676. The van der Waals surface area contributed by atoms with Gasteiger partial charge in [0.1, 0.15) is 0 Å². The summed E-state index contributed by atoms with van der Waals surface area (Å²) >= 11 is 0. The lowest BCUT2D eigenvalue weighted by molar-refractivity contribution is -0.122. The summed E-state index contributed by atoms with van der Waals surface area (Å²) in [5, 5.41) is 11.4. The van der Waals surface area contributed by atoms with Crippen molar-refractivity contribution >= 4 is 11.6 Å². The zero-order chi connectivity index (χ0) is 16.7. The fraction of sp³-hybridized carbons (Fsp3) is 0.222. The van der Waals surface area contributed by atoms with Gasteiger partial charge in [-0.15, -0.1) is 0 Å². The van der Waals surface area contributed by atoms with Crippen LogP contribution in [0.1, 0.15) is 12.5 Å². The van der Waals surface area contributed by atoms with Gasteiger partial charge in [-0.25, -0.2) is 0 Å². The van der Waals surface area contributed by atoms with E-state index in [-0.39, 0.29) is 5.91 Å². The number of ether oxygens (including phenoxy) is 2. The van der Waals surface area contributed by atoms with E-state index < -0.39 is 6.10 Å². The number of hydrogen-bond acceptors (Lipinski definition) is 4. The molecule has 0 aromatic heterocycles. The average Bonchev–Trinajstić information content (AvgIpc) is 2.57. The van der Waals surface area contributed by atoms with E-state index in [0.29, 0.717) is 23.6 Å². The maximum absolute atomic E-state index is 12.2. The molecule has 0 radical (unpaired) electrons. The van der Waals surface area contributed by atoms with Crippen LogP contribution in [0.5, 0.6) is 11.5 Å². The Bertz CT molecular complexity index is 705. The Kier molecular flexibility index (Phi) is 5.59. The first-order valence-electron chi connectivity index (χ1n) is 7.20. The molecule has 0 aliphatic carbocycles. The number of benzene rings is 2. The number of nitriles is 1. The topological polar surface area (TPSA) is 71.3 Å². The zero-order valence-electron chi connectivity index (χ0n) is 13.1. The number of nitrogens with one attached hydrogen (secondary N) is 1. The Labute approximate surface area is 135 Å². The molecule has 0 fully saturated rings. The van der Waals surface area contributed by atoms with Crippen LogP contribution in [-0.2, 0) is 11.2 Å². The SMILES string of the molecule is COc1ccccc1OC(C)C(=O)Nc1ccc(CC#N)cc1. The highest BCUT2D eigenvalue weighted by atomic mass is 16.5. The van der Waals surface area contributed by atoms with Gasteiger partial charge in [-0.3, -0.25) is 4.79 Å². The van der Waals surface area contributed by atoms with Crippen LogP contribution < -0.4 is 14.8 Å². The van der Waals surface area contributed by atoms with E-state index in [9.17, 15) is 4.79 Å². The van der Waals surface area contributed by atoms with Gasteiger partial charge in [-0.1, -0.05) is 24.3 Å². The summed E-state index contributed by atoms with van der Waals surface area (Å²) < 4.78 is 10.8. The molecule has 1 unspecified atom stereocenters. The Morgan fingerprint density at radius 3 is 2.43 bits per heavy atom. The molecule has 118 valence electrons. The van der Waals surface area contributed by atoms with E-state index in [1.54, 1.807) is 38.3 Å². The number of rotatable bonds is 6. The quantitative estimate of drug-likeness (QED) is 0.889. The number of hydrogen-bond donors (Lipinski definition) is 1. The molecule has 1 N–H and O–H groups in total. The number of amides is 1. The maximum Gasteiger partial charge on any atom is 0.265 e. The van der Waals surface area contributed by atoms with Gasteiger partial charge in [0.15, 0.2) is 17.6 Å². The second kappa shape index (κ2) is 7.85. The predicted molar refractivity (Wildman–Crippen MR) is 87.5 cm³/mol. The van der Waals surface area contributed by atoms with Crippen LogP contribution in [0.2, 0.25) is 0 Å². The first kappa shape index (κ1) is 16.4. The molecule has 2 rings (SSSR count). The molecule has 2 aromatic carbocycles. The standard InChI is InChI=1S/C18H18N2O3/c1-13(23-17-6-4-3-5-16(17)22-2)18(21)20-15-9-7-14(8-10-15)11-12-19/h3-10,13H,11H2,1-2H3,(H,20,21). The van der Waals surface area contributed by atoms with Gasteiger partial charge in [0, 0.05) is 5.69 Å². The first-order valence-corrected chi connectivity index (χ1v) is 7.20. The number of methoxy groups -OCH3 is 1. The number of para-hydroxylation sites is 2. The summed E-state index contributed by atoms with van der Waals surface area (Å²) in [6, 6.07) is 16.4. The highest BCUT2D eigenvalue weighted by Crippen LogP contribution is 2.27. The largest absolute Gasteiger partial charge is 0.493 e. The van der Waals surface area contributed by atoms with E-state index in [1.165, 1.54) is 0 Å². The van der Waals surface area contributed by atoms with Crippen molar-refractivity contribution in [3.63, 3.8) is 0 Å². The maximum atomic E-state index is 12.2. The molecule has 23 heavy (non-hydrogen) atoms. The number of carbonyl (C=O) groups excluding carboxylic acids is 1. The van der Waals surface area contributed by atoms with E-state index in [1.807, 2.05) is 24.3 Å². The smallest absolute Gasteiger partial charge is 0.265 e. The monoisotopic (exact) mass is 310 g/mol. The van der Waals surface area contributed by atoms with Crippen molar-refractivity contribution in [2.75, 3.05) is 12.4 Å². The molecule has 1 amide bonds. The van der Waals surface area contributed by atoms with Gasteiger partial charge in [-0.05, 0) is 36.8 Å². The lowest BCUT2D eigenvalue weighted by atomic mass is 10.1. The molecule has 0 aliphatic rings.